The minimum Gasteiger partial charge on any atom is -0.299 e. The molecule has 0 radical (unpaired) electrons. The molecule has 7 heteroatoms. The standard InChI is InChI=1S/C7H9FN2O3S/c8-4-6(11)9-2-1-3-14-7(9)5-10(12)13/h5H,1-4H2. The molecule has 1 rings (SSSR count). The van der Waals surface area contributed by atoms with Crippen molar-refractivity contribution in [3.63, 3.8) is 0 Å². The summed E-state index contributed by atoms with van der Waals surface area (Å²) < 4.78 is 12.1. The maximum absolute atomic E-state index is 12.1. The van der Waals surface area contributed by atoms with Crippen LogP contribution in [0.4, 0.5) is 4.39 Å². The number of halogens is 1. The van der Waals surface area contributed by atoms with Gasteiger partial charge in [-0.3, -0.25) is 19.8 Å². The van der Waals surface area contributed by atoms with E-state index in [1.807, 2.05) is 0 Å². The molecule has 1 amide bonds. The van der Waals surface area contributed by atoms with Crippen molar-refractivity contribution in [2.24, 2.45) is 0 Å². The normalized spacial score (nSPS) is 19.8. The number of carbonyl (C=O) groups excluding carboxylic acids is 1. The highest BCUT2D eigenvalue weighted by molar-refractivity contribution is 8.03. The Morgan fingerprint density at radius 3 is 3.07 bits per heavy atom. The van der Waals surface area contributed by atoms with Crippen LogP contribution in [0.25, 0.3) is 0 Å². The first-order valence-electron chi connectivity index (χ1n) is 3.99. The van der Waals surface area contributed by atoms with Gasteiger partial charge in [-0.15, -0.1) is 11.8 Å². The molecule has 0 bridgehead atoms. The molecule has 0 aromatic rings. The number of hydrogen-bond acceptors (Lipinski definition) is 4. The van der Waals surface area contributed by atoms with Crippen molar-refractivity contribution in [2.45, 2.75) is 6.42 Å². The second kappa shape index (κ2) is 4.94. The molecular weight excluding hydrogens is 211 g/mol. The Morgan fingerprint density at radius 1 is 1.79 bits per heavy atom. The molecule has 1 heterocycles. The molecule has 1 aliphatic heterocycles. The monoisotopic (exact) mass is 220 g/mol. The van der Waals surface area contributed by atoms with E-state index in [0.717, 1.165) is 23.3 Å². The van der Waals surface area contributed by atoms with E-state index in [4.69, 9.17) is 0 Å². The van der Waals surface area contributed by atoms with Gasteiger partial charge in [0, 0.05) is 12.3 Å². The van der Waals surface area contributed by atoms with Gasteiger partial charge >= 0.3 is 0 Å². The molecule has 0 aliphatic carbocycles. The maximum atomic E-state index is 12.1. The van der Waals surface area contributed by atoms with Gasteiger partial charge in [0.2, 0.25) is 0 Å². The summed E-state index contributed by atoms with van der Waals surface area (Å²) in [6.07, 6.45) is 1.48. The highest BCUT2D eigenvalue weighted by Gasteiger charge is 2.24. The van der Waals surface area contributed by atoms with E-state index in [0.29, 0.717) is 6.54 Å². The molecule has 0 saturated carbocycles. The van der Waals surface area contributed by atoms with Crippen molar-refractivity contribution >= 4 is 17.7 Å². The zero-order valence-corrected chi connectivity index (χ0v) is 8.13. The van der Waals surface area contributed by atoms with Crippen LogP contribution in [0.1, 0.15) is 6.42 Å². The lowest BCUT2D eigenvalue weighted by Crippen LogP contribution is -2.34. The average Bonchev–Trinajstić information content (AvgIpc) is 2.16. The molecule has 1 fully saturated rings. The van der Waals surface area contributed by atoms with Crippen molar-refractivity contribution in [3.8, 4) is 0 Å². The minimum atomic E-state index is -1.12. The van der Waals surface area contributed by atoms with Gasteiger partial charge in [0.1, 0.15) is 5.03 Å². The summed E-state index contributed by atoms with van der Waals surface area (Å²) in [6, 6.07) is 0. The minimum absolute atomic E-state index is 0.226. The Hall–Kier alpha value is -1.11. The Balaban J connectivity index is 2.78. The molecule has 0 atom stereocenters. The first-order valence-corrected chi connectivity index (χ1v) is 4.98. The summed E-state index contributed by atoms with van der Waals surface area (Å²) in [6.45, 7) is -0.759. The predicted octanol–water partition coefficient (Wildman–Crippen LogP) is 0.997. The fourth-order valence-electron chi connectivity index (χ4n) is 1.10. The van der Waals surface area contributed by atoms with Crippen molar-refractivity contribution in [2.75, 3.05) is 19.0 Å². The lowest BCUT2D eigenvalue weighted by molar-refractivity contribution is -0.403. The number of rotatable bonds is 2. The number of amides is 1. The lowest BCUT2D eigenvalue weighted by Gasteiger charge is -2.26. The number of nitrogens with zero attached hydrogens (tertiary/aromatic N) is 2. The van der Waals surface area contributed by atoms with Crippen LogP contribution in [0.5, 0.6) is 0 Å². The topological polar surface area (TPSA) is 63.5 Å². The zero-order chi connectivity index (χ0) is 10.6. The van der Waals surface area contributed by atoms with Crippen molar-refractivity contribution in [1.82, 2.24) is 4.90 Å². The zero-order valence-electron chi connectivity index (χ0n) is 7.31. The van der Waals surface area contributed by atoms with Crippen molar-refractivity contribution in [3.05, 3.63) is 21.3 Å². The van der Waals surface area contributed by atoms with Gasteiger partial charge in [-0.25, -0.2) is 4.39 Å². The molecule has 0 spiro atoms. The van der Waals surface area contributed by atoms with Crippen LogP contribution in [-0.2, 0) is 4.79 Å². The fourth-order valence-corrected chi connectivity index (χ4v) is 2.10. The molecule has 0 aromatic carbocycles. The van der Waals surface area contributed by atoms with Crippen LogP contribution in [0.2, 0.25) is 0 Å². The van der Waals surface area contributed by atoms with Crippen LogP contribution in [0, 0.1) is 10.1 Å². The Kier molecular flexibility index (Phi) is 3.87. The van der Waals surface area contributed by atoms with Crippen LogP contribution < -0.4 is 0 Å². The van der Waals surface area contributed by atoms with Crippen LogP contribution in [0.15, 0.2) is 11.2 Å². The number of thioether (sulfide) groups is 1. The number of nitro groups is 1. The Morgan fingerprint density at radius 2 is 2.50 bits per heavy atom. The average molecular weight is 220 g/mol. The summed E-state index contributed by atoms with van der Waals surface area (Å²) >= 11 is 1.20. The second-order valence-corrected chi connectivity index (χ2v) is 3.75. The van der Waals surface area contributed by atoms with Crippen LogP contribution in [-0.4, -0.2) is 34.7 Å². The SMILES string of the molecule is O=C(CF)N1CCCSC1=C[N+](=O)[O-]. The van der Waals surface area contributed by atoms with E-state index < -0.39 is 17.5 Å². The first kappa shape index (κ1) is 11.0. The van der Waals surface area contributed by atoms with Crippen LogP contribution in [0.3, 0.4) is 0 Å². The van der Waals surface area contributed by atoms with E-state index in [2.05, 4.69) is 0 Å². The van der Waals surface area contributed by atoms with Gasteiger partial charge in [0.15, 0.2) is 6.67 Å². The molecule has 14 heavy (non-hydrogen) atoms. The summed E-state index contributed by atoms with van der Waals surface area (Å²) in [7, 11) is 0. The second-order valence-electron chi connectivity index (χ2n) is 2.63. The predicted molar refractivity (Wildman–Crippen MR) is 49.8 cm³/mol. The van der Waals surface area contributed by atoms with Crippen molar-refractivity contribution in [1.29, 1.82) is 0 Å². The van der Waals surface area contributed by atoms with Gasteiger partial charge in [-0.05, 0) is 6.42 Å². The summed E-state index contributed by atoms with van der Waals surface area (Å²) in [5.74, 6) is 0.000680. The summed E-state index contributed by atoms with van der Waals surface area (Å²) in [5.41, 5.74) is 0. The molecule has 0 N–H and O–H groups in total. The molecule has 0 aromatic heterocycles. The highest BCUT2D eigenvalue weighted by Crippen LogP contribution is 2.26. The van der Waals surface area contributed by atoms with E-state index in [1.165, 1.54) is 11.8 Å². The number of carbonyl (C=O) groups is 1. The smallest absolute Gasteiger partial charge is 0.264 e. The molecule has 0 unspecified atom stereocenters. The third kappa shape index (κ3) is 2.69. The van der Waals surface area contributed by atoms with Crippen molar-refractivity contribution < 1.29 is 14.1 Å². The van der Waals surface area contributed by atoms with E-state index in [-0.39, 0.29) is 5.03 Å². The van der Waals surface area contributed by atoms with Crippen LogP contribution >= 0.6 is 11.8 Å². The lowest BCUT2D eigenvalue weighted by atomic mass is 10.4. The van der Waals surface area contributed by atoms with Gasteiger partial charge in [-0.1, -0.05) is 0 Å². The van der Waals surface area contributed by atoms with Gasteiger partial charge < -0.3 is 0 Å². The maximum Gasteiger partial charge on any atom is 0.264 e. The summed E-state index contributed by atoms with van der Waals surface area (Å²) in [5, 5.41) is 10.4. The van der Waals surface area contributed by atoms with E-state index >= 15 is 0 Å². The fraction of sp³-hybridized carbons (Fsp3) is 0.571. The van der Waals surface area contributed by atoms with Gasteiger partial charge in [0.25, 0.3) is 12.1 Å². The number of alkyl halides is 1. The summed E-state index contributed by atoms with van der Waals surface area (Å²) in [4.78, 5) is 21.7. The third-order valence-electron chi connectivity index (χ3n) is 1.67. The molecule has 1 aliphatic rings. The van der Waals surface area contributed by atoms with E-state index in [1.54, 1.807) is 0 Å². The van der Waals surface area contributed by atoms with Gasteiger partial charge in [0.05, 0.1) is 4.92 Å². The molecule has 1 saturated heterocycles. The number of hydrogen-bond donors (Lipinski definition) is 0. The molecule has 5 nitrogen and oxygen atoms in total. The largest absolute Gasteiger partial charge is 0.299 e. The highest BCUT2D eigenvalue weighted by atomic mass is 32.2. The Bertz CT molecular complexity index is 282. The molecular formula is C7H9FN2O3S. The third-order valence-corrected chi connectivity index (χ3v) is 2.79. The quantitative estimate of drug-likeness (QED) is 0.514. The van der Waals surface area contributed by atoms with Gasteiger partial charge in [-0.2, -0.15) is 0 Å². The first-order chi connectivity index (χ1) is 6.65. The Labute approximate surface area is 84.1 Å². The molecule has 78 valence electrons. The van der Waals surface area contributed by atoms with E-state index in [9.17, 15) is 19.3 Å².